The summed E-state index contributed by atoms with van der Waals surface area (Å²) in [5.74, 6) is -0.602. The van der Waals surface area contributed by atoms with E-state index in [-0.39, 0.29) is 24.4 Å². The normalized spacial score (nSPS) is 14.6. The zero-order chi connectivity index (χ0) is 15.1. The highest BCUT2D eigenvalue weighted by molar-refractivity contribution is 5.78. The smallest absolute Gasteiger partial charge is 0.323 e. The maximum absolute atomic E-state index is 12.1. The first-order valence-electron chi connectivity index (χ1n) is 6.83. The third kappa shape index (κ3) is 7.82. The average molecular weight is 273 g/mol. The van der Waals surface area contributed by atoms with Gasteiger partial charge in [0.05, 0.1) is 13.2 Å². The minimum Gasteiger partial charge on any atom is -0.465 e. The second-order valence-electron chi connectivity index (χ2n) is 5.58. The molecule has 0 unspecified atom stereocenters. The second-order valence-corrected chi connectivity index (χ2v) is 5.58. The quantitative estimate of drug-likeness (QED) is 0.718. The molecule has 0 aromatic carbocycles. The van der Waals surface area contributed by atoms with Crippen molar-refractivity contribution in [3.8, 4) is 0 Å². The van der Waals surface area contributed by atoms with Crippen molar-refractivity contribution in [1.29, 1.82) is 0 Å². The fraction of sp³-hybridized carbons (Fsp3) is 0.857. The largest absolute Gasteiger partial charge is 0.465 e. The predicted octanol–water partition coefficient (Wildman–Crippen LogP) is 1.90. The molecule has 0 aromatic rings. The van der Waals surface area contributed by atoms with Gasteiger partial charge in [-0.2, -0.15) is 0 Å². The number of carbonyl (C=O) groups is 2. The Labute approximate surface area is 116 Å². The minimum absolute atomic E-state index is 0.0160. The molecule has 2 atom stereocenters. The summed E-state index contributed by atoms with van der Waals surface area (Å²) in [6.07, 6.45) is 0.819. The summed E-state index contributed by atoms with van der Waals surface area (Å²) in [4.78, 5) is 23.4. The van der Waals surface area contributed by atoms with Gasteiger partial charge < -0.3 is 9.47 Å². The molecule has 0 radical (unpaired) electrons. The Morgan fingerprint density at radius 2 is 1.79 bits per heavy atom. The molecule has 5 nitrogen and oxygen atoms in total. The van der Waals surface area contributed by atoms with Crippen molar-refractivity contribution < 1.29 is 19.1 Å². The van der Waals surface area contributed by atoms with Gasteiger partial charge in [-0.05, 0) is 33.6 Å². The maximum Gasteiger partial charge on any atom is 0.323 e. The van der Waals surface area contributed by atoms with Crippen LogP contribution < -0.4 is 5.32 Å². The molecule has 0 saturated carbocycles. The SMILES string of the molecule is CCOC(=O)CN[C@H](C(=O)OC(C)(C)C)[C@@H](C)CC. The van der Waals surface area contributed by atoms with Crippen molar-refractivity contribution >= 4 is 11.9 Å². The number of rotatable bonds is 7. The zero-order valence-corrected chi connectivity index (χ0v) is 12.9. The number of hydrogen-bond acceptors (Lipinski definition) is 5. The lowest BCUT2D eigenvalue weighted by molar-refractivity contribution is -0.159. The molecule has 0 fully saturated rings. The first-order valence-corrected chi connectivity index (χ1v) is 6.83. The van der Waals surface area contributed by atoms with Crippen molar-refractivity contribution in [2.45, 2.75) is 59.6 Å². The van der Waals surface area contributed by atoms with E-state index < -0.39 is 11.6 Å². The van der Waals surface area contributed by atoms with Crippen LogP contribution in [0, 0.1) is 5.92 Å². The summed E-state index contributed by atoms with van der Waals surface area (Å²) in [5.41, 5.74) is -0.533. The summed E-state index contributed by atoms with van der Waals surface area (Å²) in [5, 5.41) is 2.93. The van der Waals surface area contributed by atoms with E-state index in [2.05, 4.69) is 5.32 Å². The van der Waals surface area contributed by atoms with Gasteiger partial charge in [0.1, 0.15) is 11.6 Å². The summed E-state index contributed by atoms with van der Waals surface area (Å²) < 4.78 is 10.2. The third-order valence-corrected chi connectivity index (χ3v) is 2.65. The molecule has 0 heterocycles. The highest BCUT2D eigenvalue weighted by atomic mass is 16.6. The highest BCUT2D eigenvalue weighted by Gasteiger charge is 2.29. The van der Waals surface area contributed by atoms with E-state index in [4.69, 9.17) is 9.47 Å². The Balaban J connectivity index is 4.55. The molecule has 5 heteroatoms. The molecule has 0 spiro atoms. The molecule has 0 aliphatic carbocycles. The molecular formula is C14H27NO4. The molecule has 0 aliphatic heterocycles. The van der Waals surface area contributed by atoms with Crippen LogP contribution in [0.5, 0.6) is 0 Å². The van der Waals surface area contributed by atoms with E-state index in [1.807, 2.05) is 34.6 Å². The average Bonchev–Trinajstić information content (AvgIpc) is 2.26. The molecule has 0 rings (SSSR count). The Kier molecular flexibility index (Phi) is 7.68. The lowest BCUT2D eigenvalue weighted by atomic mass is 9.99. The molecule has 0 aliphatic rings. The van der Waals surface area contributed by atoms with E-state index in [0.717, 1.165) is 6.42 Å². The van der Waals surface area contributed by atoms with Crippen molar-refractivity contribution in [3.05, 3.63) is 0 Å². The number of nitrogens with one attached hydrogen (secondary N) is 1. The molecule has 19 heavy (non-hydrogen) atoms. The molecule has 0 saturated heterocycles. The highest BCUT2D eigenvalue weighted by Crippen LogP contribution is 2.14. The van der Waals surface area contributed by atoms with Gasteiger partial charge in [0.25, 0.3) is 0 Å². The zero-order valence-electron chi connectivity index (χ0n) is 12.9. The van der Waals surface area contributed by atoms with Crippen molar-refractivity contribution in [1.82, 2.24) is 5.32 Å². The maximum atomic E-state index is 12.1. The van der Waals surface area contributed by atoms with Crippen molar-refractivity contribution in [2.24, 2.45) is 5.92 Å². The monoisotopic (exact) mass is 273 g/mol. The summed E-state index contributed by atoms with van der Waals surface area (Å²) in [7, 11) is 0. The van der Waals surface area contributed by atoms with Gasteiger partial charge in [-0.1, -0.05) is 20.3 Å². The van der Waals surface area contributed by atoms with Crippen LogP contribution in [0.1, 0.15) is 48.0 Å². The molecule has 112 valence electrons. The van der Waals surface area contributed by atoms with Gasteiger partial charge in [-0.25, -0.2) is 0 Å². The standard InChI is InChI=1S/C14H27NO4/c1-7-10(3)12(13(17)19-14(4,5)6)15-9-11(16)18-8-2/h10,12,15H,7-9H2,1-6H3/t10-,12-/m0/s1. The number of hydrogen-bond donors (Lipinski definition) is 1. The van der Waals surface area contributed by atoms with Gasteiger partial charge in [0, 0.05) is 0 Å². The Bertz CT molecular complexity index is 296. The second kappa shape index (κ2) is 8.15. The summed E-state index contributed by atoms with van der Waals surface area (Å²) in [6.45, 7) is 11.5. The molecule has 0 amide bonds. The molecular weight excluding hydrogens is 246 g/mol. The first kappa shape index (κ1) is 17.9. The molecule has 1 N–H and O–H groups in total. The Morgan fingerprint density at radius 1 is 1.21 bits per heavy atom. The van der Waals surface area contributed by atoms with Gasteiger partial charge in [0.15, 0.2) is 0 Å². The van der Waals surface area contributed by atoms with Crippen LogP contribution >= 0.6 is 0 Å². The van der Waals surface area contributed by atoms with Crippen molar-refractivity contribution in [3.63, 3.8) is 0 Å². The van der Waals surface area contributed by atoms with Crippen LogP contribution in [0.25, 0.3) is 0 Å². The van der Waals surface area contributed by atoms with Crippen LogP contribution in [-0.4, -0.2) is 36.7 Å². The third-order valence-electron chi connectivity index (χ3n) is 2.65. The number of ether oxygens (including phenoxy) is 2. The lowest BCUT2D eigenvalue weighted by Gasteiger charge is -2.27. The van der Waals surface area contributed by atoms with E-state index in [1.165, 1.54) is 0 Å². The van der Waals surface area contributed by atoms with Crippen LogP contribution in [0.4, 0.5) is 0 Å². The van der Waals surface area contributed by atoms with Gasteiger partial charge in [-0.15, -0.1) is 0 Å². The minimum atomic E-state index is -0.533. The Morgan fingerprint density at radius 3 is 2.21 bits per heavy atom. The lowest BCUT2D eigenvalue weighted by Crippen LogP contribution is -2.47. The predicted molar refractivity (Wildman–Crippen MR) is 73.7 cm³/mol. The van der Waals surface area contributed by atoms with Crippen molar-refractivity contribution in [2.75, 3.05) is 13.2 Å². The van der Waals surface area contributed by atoms with Crippen LogP contribution in [0.2, 0.25) is 0 Å². The summed E-state index contributed by atoms with van der Waals surface area (Å²) in [6, 6.07) is -0.492. The van der Waals surface area contributed by atoms with Gasteiger partial charge in [-0.3, -0.25) is 14.9 Å². The van der Waals surface area contributed by atoms with Crippen LogP contribution in [-0.2, 0) is 19.1 Å². The van der Waals surface area contributed by atoms with Gasteiger partial charge >= 0.3 is 11.9 Å². The number of esters is 2. The summed E-state index contributed by atoms with van der Waals surface area (Å²) >= 11 is 0. The first-order chi connectivity index (χ1) is 8.71. The molecule has 0 bridgehead atoms. The number of carbonyl (C=O) groups excluding carboxylic acids is 2. The van der Waals surface area contributed by atoms with Crippen LogP contribution in [0.3, 0.4) is 0 Å². The van der Waals surface area contributed by atoms with E-state index in [0.29, 0.717) is 6.61 Å². The van der Waals surface area contributed by atoms with Gasteiger partial charge in [0.2, 0.25) is 0 Å². The topological polar surface area (TPSA) is 64.6 Å². The van der Waals surface area contributed by atoms with E-state index >= 15 is 0 Å². The molecule has 0 aromatic heterocycles. The Hall–Kier alpha value is -1.10. The van der Waals surface area contributed by atoms with Crippen LogP contribution in [0.15, 0.2) is 0 Å². The fourth-order valence-electron chi connectivity index (χ4n) is 1.52. The van der Waals surface area contributed by atoms with E-state index in [1.54, 1.807) is 6.92 Å². The fourth-order valence-corrected chi connectivity index (χ4v) is 1.52. The van der Waals surface area contributed by atoms with E-state index in [9.17, 15) is 9.59 Å².